The van der Waals surface area contributed by atoms with Gasteiger partial charge in [-0.3, -0.25) is 4.79 Å². The number of halogens is 1. The molecule has 4 rings (SSSR count). The van der Waals surface area contributed by atoms with Gasteiger partial charge in [-0.1, -0.05) is 12.1 Å². The van der Waals surface area contributed by atoms with Crippen molar-refractivity contribution in [2.45, 2.75) is 31.2 Å². The lowest BCUT2D eigenvalue weighted by Gasteiger charge is -2.31. The van der Waals surface area contributed by atoms with Crippen molar-refractivity contribution in [3.63, 3.8) is 0 Å². The number of benzene rings is 1. The standard InChI is InChI=1S/C18H24FN3O/c19-15-3-1-2-4-16(15)22-8-6-13(11-22)14-10-18(14)9-12(17(20)23)5-7-21-18/h1-4,12-14,21H,5-11H2,(H2,20,23)/t12?,13-,14?,18?/m0/s1. The molecule has 1 aromatic rings. The predicted octanol–water partition coefficient (Wildman–Crippen LogP) is 1.90. The number of hydrogen-bond donors (Lipinski definition) is 2. The Kier molecular flexibility index (Phi) is 3.56. The van der Waals surface area contributed by atoms with Gasteiger partial charge in [0, 0.05) is 24.5 Å². The lowest BCUT2D eigenvalue weighted by molar-refractivity contribution is -0.123. The number of rotatable bonds is 3. The molecule has 2 heterocycles. The Bertz CT molecular complexity index is 622. The number of anilines is 1. The number of nitrogens with one attached hydrogen (secondary N) is 1. The van der Waals surface area contributed by atoms with Crippen molar-refractivity contribution in [3.8, 4) is 0 Å². The minimum atomic E-state index is -0.157. The molecule has 4 atom stereocenters. The molecule has 4 nitrogen and oxygen atoms in total. The van der Waals surface area contributed by atoms with E-state index < -0.39 is 0 Å². The summed E-state index contributed by atoms with van der Waals surface area (Å²) in [5.41, 5.74) is 6.35. The molecule has 3 unspecified atom stereocenters. The Morgan fingerprint density at radius 2 is 2.13 bits per heavy atom. The minimum Gasteiger partial charge on any atom is -0.369 e. The van der Waals surface area contributed by atoms with Crippen LogP contribution >= 0.6 is 0 Å². The van der Waals surface area contributed by atoms with Gasteiger partial charge in [-0.15, -0.1) is 0 Å². The molecule has 0 bridgehead atoms. The number of carbonyl (C=O) groups is 1. The first-order valence-electron chi connectivity index (χ1n) is 8.63. The largest absolute Gasteiger partial charge is 0.369 e. The Morgan fingerprint density at radius 1 is 1.30 bits per heavy atom. The molecular formula is C18H24FN3O. The van der Waals surface area contributed by atoms with E-state index in [4.69, 9.17) is 5.73 Å². The number of nitrogens with two attached hydrogens (primary N) is 1. The maximum atomic E-state index is 14.0. The molecule has 2 aliphatic heterocycles. The van der Waals surface area contributed by atoms with Crippen molar-refractivity contribution in [3.05, 3.63) is 30.1 Å². The fraction of sp³-hybridized carbons (Fsp3) is 0.611. The molecule has 1 aromatic carbocycles. The first-order valence-corrected chi connectivity index (χ1v) is 8.63. The molecule has 23 heavy (non-hydrogen) atoms. The molecule has 1 spiro atoms. The molecule has 0 radical (unpaired) electrons. The van der Waals surface area contributed by atoms with Gasteiger partial charge in [-0.05, 0) is 56.2 Å². The maximum absolute atomic E-state index is 14.0. The van der Waals surface area contributed by atoms with Gasteiger partial charge in [0.1, 0.15) is 5.82 Å². The highest BCUT2D eigenvalue weighted by atomic mass is 19.1. The summed E-state index contributed by atoms with van der Waals surface area (Å²) in [6.07, 6.45) is 3.97. The van der Waals surface area contributed by atoms with Gasteiger partial charge in [0.05, 0.1) is 5.69 Å². The SMILES string of the molecule is NC(=O)C1CCNC2(C1)CC2[C@H]1CCN(c2ccccc2F)C1. The fourth-order valence-electron chi connectivity index (χ4n) is 4.78. The molecule has 1 saturated carbocycles. The highest BCUT2D eigenvalue weighted by Gasteiger charge is 2.59. The second kappa shape index (κ2) is 5.48. The van der Waals surface area contributed by atoms with E-state index in [0.29, 0.717) is 11.8 Å². The summed E-state index contributed by atoms with van der Waals surface area (Å²) < 4.78 is 14.0. The van der Waals surface area contributed by atoms with Gasteiger partial charge in [-0.25, -0.2) is 4.39 Å². The van der Waals surface area contributed by atoms with E-state index in [0.717, 1.165) is 51.0 Å². The third-order valence-corrected chi connectivity index (χ3v) is 6.10. The van der Waals surface area contributed by atoms with Crippen LogP contribution in [0.4, 0.5) is 10.1 Å². The summed E-state index contributed by atoms with van der Waals surface area (Å²) >= 11 is 0. The van der Waals surface area contributed by atoms with Crippen LogP contribution in [0.2, 0.25) is 0 Å². The Balaban J connectivity index is 1.42. The van der Waals surface area contributed by atoms with E-state index in [1.807, 2.05) is 12.1 Å². The van der Waals surface area contributed by atoms with E-state index in [1.165, 1.54) is 6.07 Å². The van der Waals surface area contributed by atoms with Crippen molar-refractivity contribution in [2.24, 2.45) is 23.5 Å². The summed E-state index contributed by atoms with van der Waals surface area (Å²) in [4.78, 5) is 13.7. The number of hydrogen-bond acceptors (Lipinski definition) is 3. The third kappa shape index (κ3) is 2.61. The number of para-hydroxylation sites is 1. The first kappa shape index (κ1) is 14.9. The van der Waals surface area contributed by atoms with Gasteiger partial charge in [0.15, 0.2) is 0 Å². The Labute approximate surface area is 136 Å². The van der Waals surface area contributed by atoms with Crippen LogP contribution in [-0.4, -0.2) is 31.1 Å². The average molecular weight is 317 g/mol. The minimum absolute atomic E-state index is 0.0188. The van der Waals surface area contributed by atoms with Crippen LogP contribution in [-0.2, 0) is 4.79 Å². The van der Waals surface area contributed by atoms with Gasteiger partial charge in [0.25, 0.3) is 0 Å². The molecule has 3 N–H and O–H groups in total. The summed E-state index contributed by atoms with van der Waals surface area (Å²) in [6.45, 7) is 2.71. The smallest absolute Gasteiger partial charge is 0.220 e. The summed E-state index contributed by atoms with van der Waals surface area (Å²) in [5.74, 6) is 0.902. The van der Waals surface area contributed by atoms with Gasteiger partial charge >= 0.3 is 0 Å². The molecule has 0 aromatic heterocycles. The van der Waals surface area contributed by atoms with E-state index in [1.54, 1.807) is 6.07 Å². The maximum Gasteiger partial charge on any atom is 0.220 e. The van der Waals surface area contributed by atoms with Gasteiger partial charge in [-0.2, -0.15) is 0 Å². The van der Waals surface area contributed by atoms with Crippen molar-refractivity contribution >= 4 is 11.6 Å². The summed E-state index contributed by atoms with van der Waals surface area (Å²) in [6, 6.07) is 7.02. The molecule has 3 fully saturated rings. The van der Waals surface area contributed by atoms with Crippen LogP contribution in [0.5, 0.6) is 0 Å². The highest BCUT2D eigenvalue weighted by Crippen LogP contribution is 2.56. The second-order valence-corrected chi connectivity index (χ2v) is 7.43. The van der Waals surface area contributed by atoms with Crippen LogP contribution in [0.25, 0.3) is 0 Å². The number of amides is 1. The van der Waals surface area contributed by atoms with Crippen molar-refractivity contribution in [1.29, 1.82) is 0 Å². The molecule has 124 valence electrons. The first-order chi connectivity index (χ1) is 11.1. The third-order valence-electron chi connectivity index (χ3n) is 6.10. The molecular weight excluding hydrogens is 293 g/mol. The lowest BCUT2D eigenvalue weighted by atomic mass is 9.86. The van der Waals surface area contributed by atoms with Crippen LogP contribution < -0.4 is 16.0 Å². The van der Waals surface area contributed by atoms with Crippen LogP contribution in [0.1, 0.15) is 25.7 Å². The number of carbonyl (C=O) groups excluding carboxylic acids is 1. The van der Waals surface area contributed by atoms with Crippen LogP contribution in [0.3, 0.4) is 0 Å². The zero-order valence-electron chi connectivity index (χ0n) is 13.3. The molecule has 3 aliphatic rings. The quantitative estimate of drug-likeness (QED) is 0.895. The van der Waals surface area contributed by atoms with Gasteiger partial charge < -0.3 is 16.0 Å². The monoisotopic (exact) mass is 317 g/mol. The lowest BCUT2D eigenvalue weighted by Crippen LogP contribution is -2.46. The van der Waals surface area contributed by atoms with E-state index in [-0.39, 0.29) is 23.2 Å². The molecule has 5 heteroatoms. The van der Waals surface area contributed by atoms with Crippen LogP contribution in [0, 0.1) is 23.6 Å². The topological polar surface area (TPSA) is 58.4 Å². The van der Waals surface area contributed by atoms with E-state index in [2.05, 4.69) is 10.2 Å². The van der Waals surface area contributed by atoms with Crippen molar-refractivity contribution in [2.75, 3.05) is 24.5 Å². The second-order valence-electron chi connectivity index (χ2n) is 7.43. The van der Waals surface area contributed by atoms with Gasteiger partial charge in [0.2, 0.25) is 5.91 Å². The zero-order chi connectivity index (χ0) is 16.0. The molecule has 2 saturated heterocycles. The van der Waals surface area contributed by atoms with E-state index in [9.17, 15) is 9.18 Å². The molecule has 1 aliphatic carbocycles. The number of primary amides is 1. The normalized spacial score (nSPS) is 36.4. The highest BCUT2D eigenvalue weighted by molar-refractivity contribution is 5.77. The van der Waals surface area contributed by atoms with E-state index >= 15 is 0 Å². The van der Waals surface area contributed by atoms with Crippen molar-refractivity contribution < 1.29 is 9.18 Å². The fourth-order valence-corrected chi connectivity index (χ4v) is 4.78. The summed E-state index contributed by atoms with van der Waals surface area (Å²) in [5, 5.41) is 3.65. The predicted molar refractivity (Wildman–Crippen MR) is 87.5 cm³/mol. The van der Waals surface area contributed by atoms with Crippen molar-refractivity contribution in [1.82, 2.24) is 5.32 Å². The number of nitrogens with zero attached hydrogens (tertiary/aromatic N) is 1. The number of piperidine rings is 1. The molecule has 1 amide bonds. The Morgan fingerprint density at radius 3 is 2.91 bits per heavy atom. The van der Waals surface area contributed by atoms with Crippen LogP contribution in [0.15, 0.2) is 24.3 Å². The zero-order valence-corrected chi connectivity index (χ0v) is 13.3. The Hall–Kier alpha value is -1.62. The summed E-state index contributed by atoms with van der Waals surface area (Å²) in [7, 11) is 0. The average Bonchev–Trinajstić information content (AvgIpc) is 3.01.